The van der Waals surface area contributed by atoms with Crippen LogP contribution in [-0.4, -0.2) is 27.4 Å². The molecule has 1 saturated heterocycles. The Balaban J connectivity index is 1.87. The van der Waals surface area contributed by atoms with E-state index in [1.807, 2.05) is 18.2 Å². The van der Waals surface area contributed by atoms with Gasteiger partial charge in [-0.05, 0) is 38.3 Å². The van der Waals surface area contributed by atoms with Crippen LogP contribution in [0.25, 0.3) is 0 Å². The molecule has 1 aliphatic heterocycles. The molecule has 90 valence electrons. The van der Waals surface area contributed by atoms with E-state index in [2.05, 4.69) is 16.8 Å². The third-order valence-electron chi connectivity index (χ3n) is 4.23. The number of rotatable bonds is 1. The van der Waals surface area contributed by atoms with Gasteiger partial charge in [-0.1, -0.05) is 18.9 Å². The fourth-order valence-corrected chi connectivity index (χ4v) is 3.39. The lowest BCUT2D eigenvalue weighted by molar-refractivity contribution is -0.0347. The van der Waals surface area contributed by atoms with E-state index in [4.69, 9.17) is 0 Å². The molecular weight excluding hydrogens is 212 g/mol. The van der Waals surface area contributed by atoms with Gasteiger partial charge in [-0.2, -0.15) is 0 Å². The predicted molar refractivity (Wildman–Crippen MR) is 65.7 cm³/mol. The van der Waals surface area contributed by atoms with Crippen molar-refractivity contribution in [2.75, 3.05) is 0 Å². The number of hydrogen-bond donors (Lipinski definition) is 0. The van der Waals surface area contributed by atoms with Gasteiger partial charge in [0.2, 0.25) is 0 Å². The third kappa shape index (κ3) is 1.65. The minimum Gasteiger partial charge on any atom is -0.329 e. The van der Waals surface area contributed by atoms with Crippen LogP contribution in [0, 0.1) is 0 Å². The molecule has 0 radical (unpaired) electrons. The van der Waals surface area contributed by atoms with Crippen LogP contribution in [-0.2, 0) is 0 Å². The van der Waals surface area contributed by atoms with E-state index in [1.54, 1.807) is 6.20 Å². The number of amides is 1. The molecule has 3 nitrogen and oxygen atoms in total. The zero-order valence-electron chi connectivity index (χ0n) is 10.2. The second-order valence-electron chi connectivity index (χ2n) is 5.49. The SMILES string of the molecule is C[C@]12CCCC[C@H](C1)N2C(=O)c1ccccn1. The van der Waals surface area contributed by atoms with E-state index in [0.29, 0.717) is 11.7 Å². The van der Waals surface area contributed by atoms with E-state index >= 15 is 0 Å². The highest BCUT2D eigenvalue weighted by Gasteiger charge is 2.51. The van der Waals surface area contributed by atoms with Crippen molar-refractivity contribution in [2.45, 2.75) is 50.6 Å². The third-order valence-corrected chi connectivity index (χ3v) is 4.23. The first-order valence-electron chi connectivity index (χ1n) is 6.45. The van der Waals surface area contributed by atoms with Crippen molar-refractivity contribution in [1.29, 1.82) is 0 Å². The highest BCUT2D eigenvalue weighted by atomic mass is 16.2. The normalized spacial score (nSPS) is 31.6. The van der Waals surface area contributed by atoms with Crippen LogP contribution >= 0.6 is 0 Å². The van der Waals surface area contributed by atoms with Crippen LogP contribution in [0.15, 0.2) is 24.4 Å². The van der Waals surface area contributed by atoms with Crippen LogP contribution in [0.5, 0.6) is 0 Å². The number of nitrogens with zero attached hydrogens (tertiary/aromatic N) is 2. The first-order chi connectivity index (χ1) is 8.21. The maximum Gasteiger partial charge on any atom is 0.273 e. The molecule has 1 saturated carbocycles. The smallest absolute Gasteiger partial charge is 0.273 e. The van der Waals surface area contributed by atoms with Crippen molar-refractivity contribution >= 4 is 5.91 Å². The summed E-state index contributed by atoms with van der Waals surface area (Å²) in [6.45, 7) is 2.22. The molecule has 0 aromatic carbocycles. The number of hydrogen-bond acceptors (Lipinski definition) is 2. The Morgan fingerprint density at radius 2 is 2.35 bits per heavy atom. The second-order valence-corrected chi connectivity index (χ2v) is 5.49. The molecule has 0 spiro atoms. The maximum atomic E-state index is 12.5. The summed E-state index contributed by atoms with van der Waals surface area (Å²) in [6, 6.07) is 6.00. The zero-order valence-corrected chi connectivity index (χ0v) is 10.2. The van der Waals surface area contributed by atoms with E-state index in [9.17, 15) is 4.79 Å². The van der Waals surface area contributed by atoms with Gasteiger partial charge in [-0.25, -0.2) is 0 Å². The van der Waals surface area contributed by atoms with Crippen LogP contribution < -0.4 is 0 Å². The molecule has 2 bridgehead atoms. The fourth-order valence-electron chi connectivity index (χ4n) is 3.39. The van der Waals surface area contributed by atoms with Crippen LogP contribution in [0.3, 0.4) is 0 Å². The number of pyridine rings is 1. The van der Waals surface area contributed by atoms with Crippen molar-refractivity contribution in [3.63, 3.8) is 0 Å². The average molecular weight is 230 g/mol. The Kier molecular flexibility index (Phi) is 2.42. The Bertz CT molecular complexity index is 427. The Labute approximate surface area is 102 Å². The minimum atomic E-state index is 0.0930. The van der Waals surface area contributed by atoms with Gasteiger partial charge in [-0.3, -0.25) is 9.78 Å². The number of fused-ring (bicyclic) bond motifs is 2. The van der Waals surface area contributed by atoms with Crippen molar-refractivity contribution in [1.82, 2.24) is 9.88 Å². The molecule has 2 aliphatic rings. The van der Waals surface area contributed by atoms with E-state index in [0.717, 1.165) is 12.8 Å². The summed E-state index contributed by atoms with van der Waals surface area (Å²) in [4.78, 5) is 18.7. The molecular formula is C14H18N2O. The summed E-state index contributed by atoms with van der Waals surface area (Å²) in [5.74, 6) is 0.117. The molecule has 1 aromatic rings. The van der Waals surface area contributed by atoms with Crippen LogP contribution in [0.2, 0.25) is 0 Å². The molecule has 2 fully saturated rings. The van der Waals surface area contributed by atoms with Gasteiger partial charge in [0.05, 0.1) is 0 Å². The summed E-state index contributed by atoms with van der Waals surface area (Å²) in [7, 11) is 0. The topological polar surface area (TPSA) is 33.2 Å². The lowest BCUT2D eigenvalue weighted by Crippen LogP contribution is -2.65. The molecule has 3 heteroatoms. The monoisotopic (exact) mass is 230 g/mol. The minimum absolute atomic E-state index is 0.0930. The summed E-state index contributed by atoms with van der Waals surface area (Å²) in [6.07, 6.45) is 7.67. The lowest BCUT2D eigenvalue weighted by atomic mass is 9.78. The van der Waals surface area contributed by atoms with Gasteiger partial charge in [-0.15, -0.1) is 0 Å². The Morgan fingerprint density at radius 1 is 1.47 bits per heavy atom. The predicted octanol–water partition coefficient (Wildman–Crippen LogP) is 2.63. The van der Waals surface area contributed by atoms with Gasteiger partial charge in [0.15, 0.2) is 0 Å². The molecule has 0 unspecified atom stereocenters. The zero-order chi connectivity index (χ0) is 11.9. The number of carbonyl (C=O) groups is 1. The van der Waals surface area contributed by atoms with E-state index in [-0.39, 0.29) is 11.4 Å². The van der Waals surface area contributed by atoms with Gasteiger partial charge in [0, 0.05) is 17.8 Å². The van der Waals surface area contributed by atoms with E-state index in [1.165, 1.54) is 19.3 Å². The van der Waals surface area contributed by atoms with Gasteiger partial charge in [0.25, 0.3) is 5.91 Å². The van der Waals surface area contributed by atoms with Crippen molar-refractivity contribution in [3.05, 3.63) is 30.1 Å². The quantitative estimate of drug-likeness (QED) is 0.743. The average Bonchev–Trinajstić information content (AvgIpc) is 2.62. The van der Waals surface area contributed by atoms with Crippen LogP contribution in [0.4, 0.5) is 0 Å². The van der Waals surface area contributed by atoms with Gasteiger partial charge < -0.3 is 4.90 Å². The first-order valence-corrected chi connectivity index (χ1v) is 6.45. The maximum absolute atomic E-state index is 12.5. The summed E-state index contributed by atoms with van der Waals surface area (Å²) >= 11 is 0. The van der Waals surface area contributed by atoms with E-state index < -0.39 is 0 Å². The Morgan fingerprint density at radius 3 is 3.12 bits per heavy atom. The lowest BCUT2D eigenvalue weighted by Gasteiger charge is -2.55. The molecule has 1 amide bonds. The molecule has 0 N–H and O–H groups in total. The molecule has 2 atom stereocenters. The second kappa shape index (κ2) is 3.83. The van der Waals surface area contributed by atoms with Gasteiger partial charge >= 0.3 is 0 Å². The summed E-state index contributed by atoms with van der Waals surface area (Å²) in [5, 5.41) is 0. The van der Waals surface area contributed by atoms with Crippen molar-refractivity contribution in [3.8, 4) is 0 Å². The molecule has 3 rings (SSSR count). The number of likely N-dealkylation sites (tertiary alicyclic amines) is 1. The number of aromatic nitrogens is 1. The van der Waals surface area contributed by atoms with Crippen molar-refractivity contribution < 1.29 is 4.79 Å². The van der Waals surface area contributed by atoms with Gasteiger partial charge in [0.1, 0.15) is 5.69 Å². The van der Waals surface area contributed by atoms with Crippen LogP contribution in [0.1, 0.15) is 49.5 Å². The largest absolute Gasteiger partial charge is 0.329 e. The molecule has 1 aliphatic carbocycles. The highest BCUT2D eigenvalue weighted by molar-refractivity contribution is 5.93. The highest BCUT2D eigenvalue weighted by Crippen LogP contribution is 2.45. The first kappa shape index (κ1) is 10.8. The Hall–Kier alpha value is -1.38. The summed E-state index contributed by atoms with van der Waals surface area (Å²) in [5.41, 5.74) is 0.681. The summed E-state index contributed by atoms with van der Waals surface area (Å²) < 4.78 is 0. The molecule has 2 heterocycles. The van der Waals surface area contributed by atoms with Crippen molar-refractivity contribution in [2.24, 2.45) is 0 Å². The number of carbonyl (C=O) groups excluding carboxylic acids is 1. The molecule has 1 aromatic heterocycles. The standard InChI is InChI=1S/C14H18N2O/c1-14-8-4-2-6-11(10-14)16(14)13(17)12-7-3-5-9-15-12/h3,5,7,9,11H,2,4,6,8,10H2,1H3/t11-,14+/m1/s1. The molecule has 17 heavy (non-hydrogen) atoms. The fraction of sp³-hybridized carbons (Fsp3) is 0.571.